The minimum Gasteiger partial charge on any atom is -0.352 e. The number of thiophene rings is 1. The van der Waals surface area contributed by atoms with Gasteiger partial charge in [-0.05, 0) is 31.5 Å². The Morgan fingerprint density at radius 1 is 0.815 bits per heavy atom. The van der Waals surface area contributed by atoms with Crippen LogP contribution in [-0.2, 0) is 0 Å². The average molecular weight is 376 g/mol. The van der Waals surface area contributed by atoms with E-state index in [0.29, 0.717) is 0 Å². The molecule has 1 fully saturated rings. The number of rotatable bonds is 2. The number of benzene rings is 1. The van der Waals surface area contributed by atoms with Crippen LogP contribution < -0.4 is 9.80 Å². The summed E-state index contributed by atoms with van der Waals surface area (Å²) in [7, 11) is 0. The first kappa shape index (κ1) is 16.4. The third-order valence-electron chi connectivity index (χ3n) is 5.16. The van der Waals surface area contributed by atoms with Crippen LogP contribution in [0.25, 0.3) is 21.1 Å². The van der Waals surface area contributed by atoms with Crippen molar-refractivity contribution in [2.24, 2.45) is 0 Å². The monoisotopic (exact) mass is 376 g/mol. The largest absolute Gasteiger partial charge is 0.352 e. The Morgan fingerprint density at radius 2 is 1.48 bits per heavy atom. The first-order valence-corrected chi connectivity index (χ1v) is 9.94. The Balaban J connectivity index is 1.43. The molecule has 6 nitrogen and oxygen atoms in total. The smallest absolute Gasteiger partial charge is 0.140 e. The molecule has 7 heteroatoms. The summed E-state index contributed by atoms with van der Waals surface area (Å²) in [4.78, 5) is 25.1. The number of fused-ring (bicyclic) bond motifs is 2. The molecule has 1 aromatic carbocycles. The highest BCUT2D eigenvalue weighted by atomic mass is 32.1. The van der Waals surface area contributed by atoms with Crippen molar-refractivity contribution in [1.82, 2.24) is 19.9 Å². The summed E-state index contributed by atoms with van der Waals surface area (Å²) >= 11 is 1.73. The lowest BCUT2D eigenvalue weighted by atomic mass is 10.1. The van der Waals surface area contributed by atoms with Crippen LogP contribution in [0.5, 0.6) is 0 Å². The van der Waals surface area contributed by atoms with Crippen molar-refractivity contribution < 1.29 is 0 Å². The molecule has 0 aliphatic carbocycles. The van der Waals surface area contributed by atoms with Crippen LogP contribution in [-0.4, -0.2) is 46.1 Å². The van der Waals surface area contributed by atoms with E-state index in [1.54, 1.807) is 24.0 Å². The van der Waals surface area contributed by atoms with Gasteiger partial charge < -0.3 is 9.80 Å². The van der Waals surface area contributed by atoms with Gasteiger partial charge in [0.05, 0.1) is 10.9 Å². The van der Waals surface area contributed by atoms with E-state index in [9.17, 15) is 0 Å². The molecule has 3 aromatic heterocycles. The molecule has 4 aromatic rings. The van der Waals surface area contributed by atoms with Gasteiger partial charge in [0.15, 0.2) is 0 Å². The molecule has 4 heterocycles. The van der Waals surface area contributed by atoms with Crippen molar-refractivity contribution in [3.63, 3.8) is 0 Å². The predicted molar refractivity (Wildman–Crippen MR) is 111 cm³/mol. The van der Waals surface area contributed by atoms with E-state index < -0.39 is 0 Å². The van der Waals surface area contributed by atoms with E-state index in [2.05, 4.69) is 67.8 Å². The van der Waals surface area contributed by atoms with Crippen LogP contribution in [0.4, 0.5) is 11.6 Å². The van der Waals surface area contributed by atoms with Gasteiger partial charge in [-0.2, -0.15) is 0 Å². The fraction of sp³-hybridized carbons (Fsp3) is 0.300. The van der Waals surface area contributed by atoms with Gasteiger partial charge in [-0.3, -0.25) is 0 Å². The van der Waals surface area contributed by atoms with Gasteiger partial charge in [0.25, 0.3) is 0 Å². The molecule has 0 radical (unpaired) electrons. The standard InChI is InChI=1S/C20H20N6S/c1-13-4-3-5-15-17(13)21-11-22-18(15)25-6-8-26(9-7-25)19-16-10-14(2)27-20(16)24-12-23-19/h3-5,10-12H,6-9H2,1-2H3. The van der Waals surface area contributed by atoms with E-state index in [0.717, 1.165) is 58.9 Å². The van der Waals surface area contributed by atoms with Crippen molar-refractivity contribution in [2.75, 3.05) is 36.0 Å². The Labute approximate surface area is 161 Å². The van der Waals surface area contributed by atoms with Gasteiger partial charge in [-0.1, -0.05) is 12.1 Å². The number of aromatic nitrogens is 4. The highest BCUT2D eigenvalue weighted by molar-refractivity contribution is 7.18. The molecule has 0 bridgehead atoms. The predicted octanol–water partition coefficient (Wildman–Crippen LogP) is 3.58. The summed E-state index contributed by atoms with van der Waals surface area (Å²) < 4.78 is 0. The number of anilines is 2. The molecule has 0 saturated carbocycles. The summed E-state index contributed by atoms with van der Waals surface area (Å²) in [6, 6.07) is 8.49. The van der Waals surface area contributed by atoms with Gasteiger partial charge in [0.1, 0.15) is 29.1 Å². The second-order valence-electron chi connectivity index (χ2n) is 6.92. The number of piperazine rings is 1. The third kappa shape index (κ3) is 2.78. The maximum absolute atomic E-state index is 4.60. The van der Waals surface area contributed by atoms with Gasteiger partial charge in [-0.25, -0.2) is 19.9 Å². The highest BCUT2D eigenvalue weighted by Crippen LogP contribution is 2.31. The number of hydrogen-bond acceptors (Lipinski definition) is 7. The first-order valence-electron chi connectivity index (χ1n) is 9.12. The van der Waals surface area contributed by atoms with Crippen molar-refractivity contribution in [3.05, 3.63) is 47.4 Å². The number of aryl methyl sites for hydroxylation is 2. The van der Waals surface area contributed by atoms with Crippen LogP contribution in [0.3, 0.4) is 0 Å². The molecule has 0 atom stereocenters. The summed E-state index contributed by atoms with van der Waals surface area (Å²) in [5.41, 5.74) is 2.22. The lowest BCUT2D eigenvalue weighted by molar-refractivity contribution is 0.644. The van der Waals surface area contributed by atoms with Crippen molar-refractivity contribution >= 4 is 44.1 Å². The normalized spacial score (nSPS) is 15.0. The summed E-state index contributed by atoms with van der Waals surface area (Å²) in [5.74, 6) is 2.08. The van der Waals surface area contributed by atoms with Crippen LogP contribution in [0, 0.1) is 13.8 Å². The Bertz CT molecular complexity index is 1130. The SMILES string of the molecule is Cc1cc2c(N3CCN(c4ncnc5c(C)cccc45)CC3)ncnc2s1. The molecule has 0 spiro atoms. The van der Waals surface area contributed by atoms with E-state index in [1.165, 1.54) is 10.4 Å². The van der Waals surface area contributed by atoms with E-state index in [1.807, 2.05) is 0 Å². The second kappa shape index (κ2) is 6.42. The van der Waals surface area contributed by atoms with Gasteiger partial charge >= 0.3 is 0 Å². The molecule has 1 aliphatic rings. The Hall–Kier alpha value is -2.80. The zero-order valence-corrected chi connectivity index (χ0v) is 16.2. The summed E-state index contributed by atoms with van der Waals surface area (Å²) in [5, 5.41) is 2.29. The maximum Gasteiger partial charge on any atom is 0.140 e. The second-order valence-corrected chi connectivity index (χ2v) is 8.15. The Kier molecular flexibility index (Phi) is 3.89. The number of para-hydroxylation sites is 1. The van der Waals surface area contributed by atoms with Crippen LogP contribution >= 0.6 is 11.3 Å². The molecule has 0 unspecified atom stereocenters. The molecule has 136 valence electrons. The topological polar surface area (TPSA) is 58.0 Å². The molecule has 1 aliphatic heterocycles. The van der Waals surface area contributed by atoms with Crippen molar-refractivity contribution in [2.45, 2.75) is 13.8 Å². The van der Waals surface area contributed by atoms with E-state index >= 15 is 0 Å². The lowest BCUT2D eigenvalue weighted by Crippen LogP contribution is -2.47. The average Bonchev–Trinajstić information content (AvgIpc) is 3.08. The Morgan fingerprint density at radius 3 is 2.22 bits per heavy atom. The summed E-state index contributed by atoms with van der Waals surface area (Å²) in [6.45, 7) is 7.87. The maximum atomic E-state index is 4.60. The number of hydrogen-bond donors (Lipinski definition) is 0. The minimum atomic E-state index is 0.911. The molecule has 0 amide bonds. The van der Waals surface area contributed by atoms with Crippen LogP contribution in [0.1, 0.15) is 10.4 Å². The quantitative estimate of drug-likeness (QED) is 0.533. The van der Waals surface area contributed by atoms with Crippen LogP contribution in [0.2, 0.25) is 0 Å². The molecular formula is C20H20N6S. The zero-order valence-electron chi connectivity index (χ0n) is 15.4. The lowest BCUT2D eigenvalue weighted by Gasteiger charge is -2.36. The van der Waals surface area contributed by atoms with Gasteiger partial charge in [-0.15, -0.1) is 11.3 Å². The molecule has 0 N–H and O–H groups in total. The molecule has 1 saturated heterocycles. The van der Waals surface area contributed by atoms with E-state index in [4.69, 9.17) is 0 Å². The fourth-order valence-electron chi connectivity index (χ4n) is 3.82. The molecule has 27 heavy (non-hydrogen) atoms. The summed E-state index contributed by atoms with van der Waals surface area (Å²) in [6.07, 6.45) is 3.36. The van der Waals surface area contributed by atoms with Crippen LogP contribution in [0.15, 0.2) is 36.9 Å². The zero-order chi connectivity index (χ0) is 18.4. The van der Waals surface area contributed by atoms with Crippen molar-refractivity contribution in [3.8, 4) is 0 Å². The molecular weight excluding hydrogens is 356 g/mol. The molecule has 5 rings (SSSR count). The number of nitrogens with zero attached hydrogens (tertiary/aromatic N) is 6. The highest BCUT2D eigenvalue weighted by Gasteiger charge is 2.22. The minimum absolute atomic E-state index is 0.911. The van der Waals surface area contributed by atoms with Gasteiger partial charge in [0.2, 0.25) is 0 Å². The van der Waals surface area contributed by atoms with Crippen molar-refractivity contribution in [1.29, 1.82) is 0 Å². The first-order chi connectivity index (χ1) is 13.2. The third-order valence-corrected chi connectivity index (χ3v) is 6.11. The van der Waals surface area contributed by atoms with E-state index in [-0.39, 0.29) is 0 Å². The van der Waals surface area contributed by atoms with Gasteiger partial charge in [0, 0.05) is 36.4 Å². The fourth-order valence-corrected chi connectivity index (χ4v) is 4.66.